The molecule has 4 rings (SSSR count). The van der Waals surface area contributed by atoms with Crippen molar-refractivity contribution in [1.29, 1.82) is 5.26 Å². The highest BCUT2D eigenvalue weighted by Crippen LogP contribution is 2.37. The third-order valence-corrected chi connectivity index (χ3v) is 6.82. The van der Waals surface area contributed by atoms with E-state index in [-0.39, 0.29) is 11.3 Å². The predicted octanol–water partition coefficient (Wildman–Crippen LogP) is 4.13. The molecular formula is C24H23ClN4O3S. The Morgan fingerprint density at radius 3 is 2.94 bits per heavy atom. The lowest BCUT2D eigenvalue weighted by Crippen LogP contribution is -2.29. The van der Waals surface area contributed by atoms with Gasteiger partial charge in [0.25, 0.3) is 5.91 Å². The lowest BCUT2D eigenvalue weighted by Gasteiger charge is -2.26. The van der Waals surface area contributed by atoms with Crippen LogP contribution >= 0.6 is 22.9 Å². The normalized spacial score (nSPS) is 13.2. The van der Waals surface area contributed by atoms with Crippen molar-refractivity contribution in [2.45, 2.75) is 19.5 Å². The first-order valence-electron chi connectivity index (χ1n) is 10.5. The van der Waals surface area contributed by atoms with Crippen LogP contribution < -0.4 is 15.8 Å². The Balaban J connectivity index is 1.52. The predicted molar refractivity (Wildman–Crippen MR) is 129 cm³/mol. The summed E-state index contributed by atoms with van der Waals surface area (Å²) in [5, 5.41) is 23.2. The number of nitrogens with two attached hydrogens (primary N) is 1. The maximum atomic E-state index is 13.0. The van der Waals surface area contributed by atoms with Gasteiger partial charge >= 0.3 is 0 Å². The van der Waals surface area contributed by atoms with Crippen molar-refractivity contribution in [2.75, 3.05) is 25.0 Å². The zero-order valence-electron chi connectivity index (χ0n) is 17.8. The number of carbonyl (C=O) groups excluding carboxylic acids is 1. The molecule has 0 saturated carbocycles. The number of hydrogen-bond acceptors (Lipinski definition) is 7. The van der Waals surface area contributed by atoms with Crippen LogP contribution in [0.25, 0.3) is 0 Å². The third kappa shape index (κ3) is 5.29. The summed E-state index contributed by atoms with van der Waals surface area (Å²) in [5.41, 5.74) is 8.25. The third-order valence-electron chi connectivity index (χ3n) is 5.36. The number of anilines is 1. The van der Waals surface area contributed by atoms with E-state index < -0.39 is 5.91 Å². The molecule has 1 aliphatic heterocycles. The minimum Gasteiger partial charge on any atom is -0.508 e. The molecule has 0 spiro atoms. The molecule has 1 amide bonds. The molecule has 33 heavy (non-hydrogen) atoms. The van der Waals surface area contributed by atoms with Gasteiger partial charge in [0.1, 0.15) is 29.2 Å². The Labute approximate surface area is 201 Å². The molecule has 0 fully saturated rings. The van der Waals surface area contributed by atoms with Crippen LogP contribution in [0.1, 0.15) is 31.9 Å². The number of aromatic hydroxyl groups is 1. The number of ether oxygens (including phenoxy) is 1. The van der Waals surface area contributed by atoms with Gasteiger partial charge in [0, 0.05) is 31.1 Å². The SMILES string of the molecule is N#Cc1c(NC(=O)c2cc(OCCN)ccc2Cl)sc2c1CCN(Cc1cccc(O)c1)C2. The molecule has 9 heteroatoms. The fourth-order valence-corrected chi connectivity index (χ4v) is 5.26. The van der Waals surface area contributed by atoms with Gasteiger partial charge in [-0.25, -0.2) is 0 Å². The van der Waals surface area contributed by atoms with Gasteiger partial charge in [-0.2, -0.15) is 5.26 Å². The molecule has 2 aromatic carbocycles. The van der Waals surface area contributed by atoms with E-state index in [9.17, 15) is 15.2 Å². The van der Waals surface area contributed by atoms with Crippen LogP contribution in [-0.4, -0.2) is 35.6 Å². The van der Waals surface area contributed by atoms with Gasteiger partial charge in [-0.3, -0.25) is 9.69 Å². The lowest BCUT2D eigenvalue weighted by atomic mass is 10.0. The highest BCUT2D eigenvalue weighted by Gasteiger charge is 2.26. The molecule has 7 nitrogen and oxygen atoms in total. The van der Waals surface area contributed by atoms with Crippen LogP contribution in [0.4, 0.5) is 5.00 Å². The number of phenols is 1. The van der Waals surface area contributed by atoms with E-state index in [1.165, 1.54) is 11.3 Å². The first kappa shape index (κ1) is 23.1. The van der Waals surface area contributed by atoms with Crippen LogP contribution in [-0.2, 0) is 19.5 Å². The second kappa shape index (κ2) is 10.2. The van der Waals surface area contributed by atoms with E-state index in [1.807, 2.05) is 12.1 Å². The van der Waals surface area contributed by atoms with Gasteiger partial charge in [-0.15, -0.1) is 11.3 Å². The monoisotopic (exact) mass is 482 g/mol. The molecule has 0 unspecified atom stereocenters. The maximum absolute atomic E-state index is 13.0. The van der Waals surface area contributed by atoms with Crippen LogP contribution in [0.3, 0.4) is 0 Å². The minimum atomic E-state index is -0.398. The van der Waals surface area contributed by atoms with Crippen molar-refractivity contribution in [1.82, 2.24) is 4.90 Å². The molecule has 1 aliphatic rings. The van der Waals surface area contributed by atoms with Gasteiger partial charge < -0.3 is 20.9 Å². The summed E-state index contributed by atoms with van der Waals surface area (Å²) in [5.74, 6) is 0.350. The Kier molecular flexibility index (Phi) is 7.16. The number of halogens is 1. The molecule has 0 radical (unpaired) electrons. The number of nitrogens with zero attached hydrogens (tertiary/aromatic N) is 2. The summed E-state index contributed by atoms with van der Waals surface area (Å²) in [7, 11) is 0. The van der Waals surface area contributed by atoms with E-state index in [4.69, 9.17) is 22.1 Å². The first-order valence-corrected chi connectivity index (χ1v) is 11.7. The Hall–Kier alpha value is -3.09. The van der Waals surface area contributed by atoms with Crippen LogP contribution in [0.5, 0.6) is 11.5 Å². The van der Waals surface area contributed by atoms with Crippen molar-refractivity contribution in [3.05, 3.63) is 74.6 Å². The number of nitrogens with one attached hydrogen (secondary N) is 1. The Morgan fingerprint density at radius 1 is 1.33 bits per heavy atom. The average Bonchev–Trinajstić information content (AvgIpc) is 3.14. The summed E-state index contributed by atoms with van der Waals surface area (Å²) in [6, 6.07) is 14.3. The zero-order chi connectivity index (χ0) is 23.4. The Bertz CT molecular complexity index is 1220. The highest BCUT2D eigenvalue weighted by molar-refractivity contribution is 7.16. The van der Waals surface area contributed by atoms with Gasteiger partial charge in [0.05, 0.1) is 16.1 Å². The summed E-state index contributed by atoms with van der Waals surface area (Å²) in [6.07, 6.45) is 0.715. The minimum absolute atomic E-state index is 0.245. The van der Waals surface area contributed by atoms with E-state index in [1.54, 1.807) is 30.3 Å². The molecule has 3 aromatic rings. The number of amides is 1. The number of nitriles is 1. The zero-order valence-corrected chi connectivity index (χ0v) is 19.4. The maximum Gasteiger partial charge on any atom is 0.257 e. The van der Waals surface area contributed by atoms with Crippen LogP contribution in [0, 0.1) is 11.3 Å². The van der Waals surface area contributed by atoms with E-state index in [0.717, 1.165) is 22.5 Å². The molecule has 170 valence electrons. The van der Waals surface area contributed by atoms with Crippen LogP contribution in [0.2, 0.25) is 5.02 Å². The molecule has 2 heterocycles. The number of phenolic OH excluding ortho intramolecular Hbond substituents is 1. The average molecular weight is 483 g/mol. The van der Waals surface area contributed by atoms with Crippen molar-refractivity contribution in [3.8, 4) is 17.6 Å². The van der Waals surface area contributed by atoms with Crippen molar-refractivity contribution < 1.29 is 14.6 Å². The summed E-state index contributed by atoms with van der Waals surface area (Å²) >= 11 is 7.66. The molecule has 0 saturated heterocycles. The Morgan fingerprint density at radius 2 is 2.18 bits per heavy atom. The van der Waals surface area contributed by atoms with Gasteiger partial charge in [0.2, 0.25) is 0 Å². The number of hydrogen-bond donors (Lipinski definition) is 3. The first-order chi connectivity index (χ1) is 16.0. The number of thiophene rings is 1. The van der Waals surface area contributed by atoms with Crippen molar-refractivity contribution >= 4 is 33.8 Å². The summed E-state index contributed by atoms with van der Waals surface area (Å²) in [6.45, 7) is 2.84. The van der Waals surface area contributed by atoms with Crippen LogP contribution in [0.15, 0.2) is 42.5 Å². The quantitative estimate of drug-likeness (QED) is 0.467. The van der Waals surface area contributed by atoms with Gasteiger partial charge in [0.15, 0.2) is 0 Å². The molecule has 1 aromatic heterocycles. The van der Waals surface area contributed by atoms with Gasteiger partial charge in [-0.1, -0.05) is 23.7 Å². The largest absolute Gasteiger partial charge is 0.508 e. The summed E-state index contributed by atoms with van der Waals surface area (Å²) < 4.78 is 5.50. The highest BCUT2D eigenvalue weighted by atomic mass is 35.5. The topological polar surface area (TPSA) is 112 Å². The molecule has 4 N–H and O–H groups in total. The lowest BCUT2D eigenvalue weighted by molar-refractivity contribution is 0.102. The molecule has 0 atom stereocenters. The fraction of sp³-hybridized carbons (Fsp3) is 0.250. The van der Waals surface area contributed by atoms with Gasteiger partial charge in [-0.05, 0) is 47.9 Å². The number of rotatable bonds is 7. The number of fused-ring (bicyclic) bond motifs is 1. The fourth-order valence-electron chi connectivity index (χ4n) is 3.83. The number of carbonyl (C=O) groups is 1. The van der Waals surface area contributed by atoms with Crippen molar-refractivity contribution in [3.63, 3.8) is 0 Å². The smallest absolute Gasteiger partial charge is 0.257 e. The van der Waals surface area contributed by atoms with E-state index in [2.05, 4.69) is 16.3 Å². The molecule has 0 bridgehead atoms. The van der Waals surface area contributed by atoms with E-state index >= 15 is 0 Å². The van der Waals surface area contributed by atoms with Crippen molar-refractivity contribution in [2.24, 2.45) is 5.73 Å². The van der Waals surface area contributed by atoms with E-state index in [0.29, 0.717) is 54.0 Å². The second-order valence-corrected chi connectivity index (χ2v) is 9.20. The molecular weight excluding hydrogens is 460 g/mol. The second-order valence-electron chi connectivity index (χ2n) is 7.68. The summed E-state index contributed by atoms with van der Waals surface area (Å²) in [4.78, 5) is 16.3. The molecule has 0 aliphatic carbocycles. The number of benzene rings is 2. The standard InChI is InChI=1S/C24H23ClN4O3S/c25-21-5-4-17(32-9-7-26)11-19(21)23(31)28-24-20(12-27)18-6-8-29(14-22(18)33-24)13-15-2-1-3-16(30)10-15/h1-5,10-11,30H,6-9,13-14,26H2,(H,28,31).